The standard InChI is InChI=1S/C15H23N3O.HI/c1-12-5-3-4-6-13(12)15(7-8-15)11-18-14(16)17-9-10-19-2;/h3-6H,7-11H2,1-2H3,(H3,16,17,18);1H. The molecule has 1 aromatic rings. The van der Waals surface area contributed by atoms with Crippen molar-refractivity contribution in [1.82, 2.24) is 5.32 Å². The molecule has 0 radical (unpaired) electrons. The first-order chi connectivity index (χ1) is 9.18. The van der Waals surface area contributed by atoms with Crippen LogP contribution in [0.15, 0.2) is 29.3 Å². The van der Waals surface area contributed by atoms with E-state index in [-0.39, 0.29) is 29.4 Å². The van der Waals surface area contributed by atoms with Crippen molar-refractivity contribution in [2.75, 3.05) is 26.8 Å². The topological polar surface area (TPSA) is 59.6 Å². The Kier molecular flexibility index (Phi) is 6.75. The molecule has 1 aliphatic carbocycles. The molecule has 3 N–H and O–H groups in total. The van der Waals surface area contributed by atoms with Crippen LogP contribution < -0.4 is 11.1 Å². The highest BCUT2D eigenvalue weighted by atomic mass is 127. The lowest BCUT2D eigenvalue weighted by Gasteiger charge is -2.16. The molecule has 0 atom stereocenters. The van der Waals surface area contributed by atoms with Crippen LogP contribution in [0.4, 0.5) is 0 Å². The number of hydrogen-bond acceptors (Lipinski definition) is 2. The van der Waals surface area contributed by atoms with Crippen molar-refractivity contribution >= 4 is 29.9 Å². The minimum absolute atomic E-state index is 0. The highest BCUT2D eigenvalue weighted by molar-refractivity contribution is 14.0. The van der Waals surface area contributed by atoms with Gasteiger partial charge in [-0.1, -0.05) is 24.3 Å². The second-order valence-electron chi connectivity index (χ2n) is 5.22. The summed E-state index contributed by atoms with van der Waals surface area (Å²) in [5.74, 6) is 0.511. The fraction of sp³-hybridized carbons (Fsp3) is 0.533. The zero-order chi connectivity index (χ0) is 13.7. The highest BCUT2D eigenvalue weighted by Crippen LogP contribution is 2.49. The lowest BCUT2D eigenvalue weighted by molar-refractivity contribution is 0.204. The van der Waals surface area contributed by atoms with Crippen molar-refractivity contribution < 1.29 is 4.74 Å². The Morgan fingerprint density at radius 3 is 2.70 bits per heavy atom. The summed E-state index contributed by atoms with van der Waals surface area (Å²) in [6.07, 6.45) is 2.40. The van der Waals surface area contributed by atoms with Crippen molar-refractivity contribution in [2.24, 2.45) is 10.7 Å². The Morgan fingerprint density at radius 2 is 2.10 bits per heavy atom. The van der Waals surface area contributed by atoms with E-state index in [1.807, 2.05) is 0 Å². The van der Waals surface area contributed by atoms with E-state index in [1.54, 1.807) is 7.11 Å². The molecule has 0 bridgehead atoms. The van der Waals surface area contributed by atoms with E-state index in [0.717, 1.165) is 6.54 Å². The van der Waals surface area contributed by atoms with E-state index in [9.17, 15) is 0 Å². The van der Waals surface area contributed by atoms with E-state index in [1.165, 1.54) is 24.0 Å². The van der Waals surface area contributed by atoms with E-state index in [0.29, 0.717) is 19.1 Å². The van der Waals surface area contributed by atoms with Gasteiger partial charge in [0.1, 0.15) is 0 Å². The Labute approximate surface area is 138 Å². The number of benzene rings is 1. The highest BCUT2D eigenvalue weighted by Gasteiger charge is 2.44. The zero-order valence-corrected chi connectivity index (χ0v) is 14.5. The van der Waals surface area contributed by atoms with Crippen LogP contribution in [-0.4, -0.2) is 32.8 Å². The lowest BCUT2D eigenvalue weighted by Crippen LogP contribution is -2.34. The molecule has 1 fully saturated rings. The number of guanidine groups is 1. The average Bonchev–Trinajstić information content (AvgIpc) is 3.18. The third-order valence-electron chi connectivity index (χ3n) is 3.73. The van der Waals surface area contributed by atoms with Crippen molar-refractivity contribution in [1.29, 1.82) is 0 Å². The molecule has 0 amide bonds. The van der Waals surface area contributed by atoms with Gasteiger partial charge in [-0.25, -0.2) is 0 Å². The summed E-state index contributed by atoms with van der Waals surface area (Å²) in [4.78, 5) is 4.48. The van der Waals surface area contributed by atoms with Gasteiger partial charge in [0, 0.05) is 19.1 Å². The second kappa shape index (κ2) is 7.83. The molecule has 4 nitrogen and oxygen atoms in total. The summed E-state index contributed by atoms with van der Waals surface area (Å²) >= 11 is 0. The molecular formula is C15H24IN3O. The molecule has 0 aliphatic heterocycles. The first kappa shape index (κ1) is 17.2. The smallest absolute Gasteiger partial charge is 0.188 e. The number of ether oxygens (including phenoxy) is 1. The quantitative estimate of drug-likeness (QED) is 0.340. The van der Waals surface area contributed by atoms with Crippen LogP contribution in [0.5, 0.6) is 0 Å². The molecule has 0 heterocycles. The molecule has 1 saturated carbocycles. The van der Waals surface area contributed by atoms with Crippen LogP contribution in [0.3, 0.4) is 0 Å². The Bertz CT molecular complexity index is 458. The predicted octanol–water partition coefficient (Wildman–Crippen LogP) is 2.20. The fourth-order valence-corrected chi connectivity index (χ4v) is 2.41. The summed E-state index contributed by atoms with van der Waals surface area (Å²) in [5.41, 5.74) is 8.84. The van der Waals surface area contributed by atoms with Gasteiger partial charge < -0.3 is 15.8 Å². The molecule has 5 heteroatoms. The van der Waals surface area contributed by atoms with Gasteiger partial charge in [0.25, 0.3) is 0 Å². The van der Waals surface area contributed by atoms with Gasteiger partial charge >= 0.3 is 0 Å². The zero-order valence-electron chi connectivity index (χ0n) is 12.2. The maximum atomic E-state index is 5.85. The number of rotatable bonds is 6. The number of nitrogens with zero attached hydrogens (tertiary/aromatic N) is 1. The number of hydrogen-bond donors (Lipinski definition) is 2. The Hall–Kier alpha value is -0.820. The average molecular weight is 389 g/mol. The minimum atomic E-state index is 0. The maximum absolute atomic E-state index is 5.85. The van der Waals surface area contributed by atoms with E-state index in [2.05, 4.69) is 41.5 Å². The predicted molar refractivity (Wildman–Crippen MR) is 93.9 cm³/mol. The van der Waals surface area contributed by atoms with Gasteiger partial charge in [-0.2, -0.15) is 0 Å². The normalized spacial score (nSPS) is 16.4. The van der Waals surface area contributed by atoms with E-state index >= 15 is 0 Å². The molecule has 0 saturated heterocycles. The minimum Gasteiger partial charge on any atom is -0.383 e. The molecular weight excluding hydrogens is 365 g/mol. The molecule has 112 valence electrons. The van der Waals surface area contributed by atoms with Crippen molar-refractivity contribution in [3.63, 3.8) is 0 Å². The number of halogens is 1. The van der Waals surface area contributed by atoms with E-state index < -0.39 is 0 Å². The third-order valence-corrected chi connectivity index (χ3v) is 3.73. The summed E-state index contributed by atoms with van der Waals surface area (Å²) < 4.78 is 4.96. The first-order valence-electron chi connectivity index (χ1n) is 6.77. The summed E-state index contributed by atoms with van der Waals surface area (Å²) in [5, 5.41) is 3.05. The van der Waals surface area contributed by atoms with Crippen LogP contribution in [-0.2, 0) is 10.2 Å². The molecule has 1 aliphatic rings. The molecule has 0 aromatic heterocycles. The van der Waals surface area contributed by atoms with Crippen molar-refractivity contribution in [3.05, 3.63) is 35.4 Å². The van der Waals surface area contributed by atoms with Gasteiger partial charge in [0.2, 0.25) is 0 Å². The van der Waals surface area contributed by atoms with Crippen LogP contribution >= 0.6 is 24.0 Å². The van der Waals surface area contributed by atoms with Crippen LogP contribution in [0.25, 0.3) is 0 Å². The molecule has 0 spiro atoms. The number of nitrogens with two attached hydrogens (primary N) is 1. The molecule has 1 aromatic carbocycles. The van der Waals surface area contributed by atoms with Gasteiger partial charge in [-0.3, -0.25) is 4.99 Å². The first-order valence-corrected chi connectivity index (χ1v) is 6.77. The largest absolute Gasteiger partial charge is 0.383 e. The SMILES string of the molecule is COCCNC(N)=NCC1(c2ccccc2C)CC1.I. The van der Waals surface area contributed by atoms with Gasteiger partial charge in [0.05, 0.1) is 13.2 Å². The number of aliphatic imine (C=N–C) groups is 1. The monoisotopic (exact) mass is 389 g/mol. The summed E-state index contributed by atoms with van der Waals surface area (Å²) in [6, 6.07) is 8.57. The van der Waals surface area contributed by atoms with Crippen molar-refractivity contribution in [3.8, 4) is 0 Å². The van der Waals surface area contributed by atoms with Crippen LogP contribution in [0.2, 0.25) is 0 Å². The lowest BCUT2D eigenvalue weighted by atomic mass is 9.92. The van der Waals surface area contributed by atoms with Crippen molar-refractivity contribution in [2.45, 2.75) is 25.2 Å². The van der Waals surface area contributed by atoms with Gasteiger partial charge in [0.15, 0.2) is 5.96 Å². The number of methoxy groups -OCH3 is 1. The molecule has 0 unspecified atom stereocenters. The third kappa shape index (κ3) is 4.34. The summed E-state index contributed by atoms with van der Waals surface area (Å²) in [7, 11) is 1.67. The molecule has 2 rings (SSSR count). The second-order valence-corrected chi connectivity index (χ2v) is 5.22. The van der Waals surface area contributed by atoms with Gasteiger partial charge in [-0.15, -0.1) is 24.0 Å². The van der Waals surface area contributed by atoms with Crippen LogP contribution in [0, 0.1) is 6.92 Å². The summed E-state index contributed by atoms with van der Waals surface area (Å²) in [6.45, 7) is 4.27. The fourth-order valence-electron chi connectivity index (χ4n) is 2.41. The molecule has 20 heavy (non-hydrogen) atoms. The van der Waals surface area contributed by atoms with E-state index in [4.69, 9.17) is 10.5 Å². The maximum Gasteiger partial charge on any atom is 0.188 e. The Morgan fingerprint density at radius 1 is 1.40 bits per heavy atom. The van der Waals surface area contributed by atoms with Gasteiger partial charge in [-0.05, 0) is 30.9 Å². The number of nitrogens with one attached hydrogen (secondary N) is 1. The Balaban J connectivity index is 0.00000200. The van der Waals surface area contributed by atoms with Crippen LogP contribution in [0.1, 0.15) is 24.0 Å². The number of aryl methyl sites for hydroxylation is 1.